The molecule has 0 spiro atoms. The molecule has 0 aliphatic carbocycles. The van der Waals surface area contributed by atoms with Crippen LogP contribution in [0.3, 0.4) is 0 Å². The molecule has 0 saturated carbocycles. The van der Waals surface area contributed by atoms with Crippen LogP contribution in [0.5, 0.6) is 0 Å². The first-order valence-corrected chi connectivity index (χ1v) is 11.1. The highest BCUT2D eigenvalue weighted by atomic mass is 32.2. The Bertz CT molecular complexity index is 1120. The van der Waals surface area contributed by atoms with E-state index < -0.39 is 0 Å². The summed E-state index contributed by atoms with van der Waals surface area (Å²) in [7, 11) is 1.66. The summed E-state index contributed by atoms with van der Waals surface area (Å²) in [5, 5.41) is 0. The number of halogens is 1. The smallest absolute Gasteiger partial charge is 0.255 e. The van der Waals surface area contributed by atoms with Crippen LogP contribution in [0.15, 0.2) is 77.7 Å². The van der Waals surface area contributed by atoms with E-state index in [0.717, 1.165) is 17.0 Å². The number of hydrogen-bond acceptors (Lipinski definition) is 3. The summed E-state index contributed by atoms with van der Waals surface area (Å²) in [5.41, 5.74) is 3.14. The monoisotopic (exact) mass is 434 g/mol. The highest BCUT2D eigenvalue weighted by Crippen LogP contribution is 2.30. The Hall–Kier alpha value is -3.12. The van der Waals surface area contributed by atoms with Crippen LogP contribution in [0.1, 0.15) is 21.5 Å². The molecule has 0 saturated heterocycles. The van der Waals surface area contributed by atoms with Crippen molar-refractivity contribution in [3.8, 4) is 0 Å². The number of amides is 2. The van der Waals surface area contributed by atoms with Gasteiger partial charge in [-0.2, -0.15) is 0 Å². The third kappa shape index (κ3) is 4.64. The number of benzene rings is 3. The first kappa shape index (κ1) is 21.1. The largest absolute Gasteiger partial charge is 0.337 e. The van der Waals surface area contributed by atoms with E-state index in [2.05, 4.69) is 6.07 Å². The number of carbonyl (C=O) groups is 2. The van der Waals surface area contributed by atoms with Gasteiger partial charge in [0.15, 0.2) is 0 Å². The quantitative estimate of drug-likeness (QED) is 0.525. The zero-order valence-corrected chi connectivity index (χ0v) is 18.1. The Morgan fingerprint density at radius 3 is 2.55 bits per heavy atom. The summed E-state index contributed by atoms with van der Waals surface area (Å²) >= 11 is 1.36. The van der Waals surface area contributed by atoms with Crippen LogP contribution in [0, 0.1) is 5.82 Å². The lowest BCUT2D eigenvalue weighted by atomic mass is 10.1. The molecule has 2 amide bonds. The van der Waals surface area contributed by atoms with E-state index in [1.54, 1.807) is 37.4 Å². The number of nitrogens with zero attached hydrogens (tertiary/aromatic N) is 2. The minimum atomic E-state index is -0.332. The Morgan fingerprint density at radius 2 is 1.71 bits per heavy atom. The number of fused-ring (bicyclic) bond motifs is 1. The third-order valence-corrected chi connectivity index (χ3v) is 6.43. The number of anilines is 1. The molecule has 4 nitrogen and oxygen atoms in total. The van der Waals surface area contributed by atoms with Crippen LogP contribution < -0.4 is 4.90 Å². The van der Waals surface area contributed by atoms with Gasteiger partial charge in [0.25, 0.3) is 5.91 Å². The average Bonchev–Trinajstić information content (AvgIpc) is 3.23. The van der Waals surface area contributed by atoms with Crippen molar-refractivity contribution < 1.29 is 14.0 Å². The molecule has 1 aliphatic heterocycles. The molecular formula is C25H23FN2O2S. The number of rotatable bonds is 6. The van der Waals surface area contributed by atoms with E-state index in [9.17, 15) is 14.0 Å². The normalized spacial score (nSPS) is 12.5. The standard InChI is InChI=1S/C25H23FN2O2S/c1-27(16-19-9-2-5-11-21(19)26)25(30)20-10-4-7-13-23(20)31-17-24(29)28-15-14-18-8-3-6-12-22(18)28/h2-13H,14-17H2,1H3. The molecule has 1 heterocycles. The van der Waals surface area contributed by atoms with Gasteiger partial charge in [0.05, 0.1) is 11.3 Å². The van der Waals surface area contributed by atoms with Gasteiger partial charge in [0, 0.05) is 36.3 Å². The summed E-state index contributed by atoms with van der Waals surface area (Å²) in [6.45, 7) is 0.860. The van der Waals surface area contributed by atoms with E-state index in [1.165, 1.54) is 28.3 Å². The Kier molecular flexibility index (Phi) is 6.37. The van der Waals surface area contributed by atoms with Crippen molar-refractivity contribution in [2.45, 2.75) is 17.9 Å². The van der Waals surface area contributed by atoms with Gasteiger partial charge in [0.2, 0.25) is 5.91 Å². The summed E-state index contributed by atoms with van der Waals surface area (Å²) in [4.78, 5) is 29.9. The Labute approximate surface area is 185 Å². The van der Waals surface area contributed by atoms with Gasteiger partial charge in [-0.3, -0.25) is 9.59 Å². The summed E-state index contributed by atoms with van der Waals surface area (Å²) in [6.07, 6.45) is 0.864. The van der Waals surface area contributed by atoms with Crippen LogP contribution >= 0.6 is 11.8 Å². The molecule has 31 heavy (non-hydrogen) atoms. The lowest BCUT2D eigenvalue weighted by Crippen LogP contribution is -2.30. The van der Waals surface area contributed by atoms with Crippen LogP contribution in [0.2, 0.25) is 0 Å². The number of carbonyl (C=O) groups excluding carboxylic acids is 2. The maximum atomic E-state index is 14.0. The molecule has 0 aromatic heterocycles. The van der Waals surface area contributed by atoms with Crippen LogP contribution in [0.25, 0.3) is 0 Å². The van der Waals surface area contributed by atoms with Gasteiger partial charge in [0.1, 0.15) is 5.82 Å². The lowest BCUT2D eigenvalue weighted by Gasteiger charge is -2.20. The SMILES string of the molecule is CN(Cc1ccccc1F)C(=O)c1ccccc1SCC(=O)N1CCc2ccccc21. The minimum Gasteiger partial charge on any atom is -0.337 e. The zero-order chi connectivity index (χ0) is 21.8. The summed E-state index contributed by atoms with van der Waals surface area (Å²) in [5.74, 6) is -0.265. The first-order valence-electron chi connectivity index (χ1n) is 10.1. The third-order valence-electron chi connectivity index (χ3n) is 5.37. The predicted octanol–water partition coefficient (Wildman–Crippen LogP) is 4.78. The molecule has 0 unspecified atom stereocenters. The van der Waals surface area contributed by atoms with Crippen molar-refractivity contribution in [1.82, 2.24) is 4.90 Å². The molecule has 0 fully saturated rings. The van der Waals surface area contributed by atoms with Gasteiger partial charge in [-0.25, -0.2) is 4.39 Å². The topological polar surface area (TPSA) is 40.6 Å². The van der Waals surface area contributed by atoms with Crippen molar-refractivity contribution in [2.24, 2.45) is 0 Å². The van der Waals surface area contributed by atoms with Crippen molar-refractivity contribution in [3.63, 3.8) is 0 Å². The van der Waals surface area contributed by atoms with Crippen LogP contribution in [-0.2, 0) is 17.8 Å². The van der Waals surface area contributed by atoms with E-state index >= 15 is 0 Å². The fraction of sp³-hybridized carbons (Fsp3) is 0.200. The lowest BCUT2D eigenvalue weighted by molar-refractivity contribution is -0.116. The van der Waals surface area contributed by atoms with Gasteiger partial charge in [-0.05, 0) is 36.2 Å². The number of thioether (sulfide) groups is 1. The Balaban J connectivity index is 1.44. The summed E-state index contributed by atoms with van der Waals surface area (Å²) < 4.78 is 14.0. The fourth-order valence-electron chi connectivity index (χ4n) is 3.74. The second-order valence-corrected chi connectivity index (χ2v) is 8.48. The zero-order valence-electron chi connectivity index (χ0n) is 17.3. The molecule has 4 rings (SSSR count). The number of hydrogen-bond donors (Lipinski definition) is 0. The molecule has 0 N–H and O–H groups in total. The molecule has 0 radical (unpaired) electrons. The van der Waals surface area contributed by atoms with Crippen molar-refractivity contribution in [1.29, 1.82) is 0 Å². The van der Waals surface area contributed by atoms with Crippen molar-refractivity contribution in [2.75, 3.05) is 24.2 Å². The Morgan fingerprint density at radius 1 is 1.00 bits per heavy atom. The molecule has 0 bridgehead atoms. The summed E-state index contributed by atoms with van der Waals surface area (Å²) in [6, 6.07) is 21.6. The number of para-hydroxylation sites is 1. The van der Waals surface area contributed by atoms with Gasteiger partial charge in [-0.1, -0.05) is 48.5 Å². The maximum absolute atomic E-state index is 14.0. The van der Waals surface area contributed by atoms with Crippen molar-refractivity contribution >= 4 is 29.3 Å². The predicted molar refractivity (Wildman–Crippen MR) is 122 cm³/mol. The molecular weight excluding hydrogens is 411 g/mol. The minimum absolute atomic E-state index is 0.0249. The molecule has 1 aliphatic rings. The fourth-order valence-corrected chi connectivity index (χ4v) is 4.66. The average molecular weight is 435 g/mol. The van der Waals surface area contributed by atoms with E-state index in [-0.39, 0.29) is 29.9 Å². The first-order chi connectivity index (χ1) is 15.0. The molecule has 6 heteroatoms. The molecule has 3 aromatic rings. The van der Waals surface area contributed by atoms with Gasteiger partial charge >= 0.3 is 0 Å². The second-order valence-electron chi connectivity index (χ2n) is 7.46. The van der Waals surface area contributed by atoms with Gasteiger partial charge < -0.3 is 9.80 Å². The highest BCUT2D eigenvalue weighted by Gasteiger charge is 2.25. The molecule has 3 aromatic carbocycles. The van der Waals surface area contributed by atoms with Crippen LogP contribution in [-0.4, -0.2) is 36.1 Å². The second kappa shape index (κ2) is 9.35. The van der Waals surface area contributed by atoms with Crippen LogP contribution in [0.4, 0.5) is 10.1 Å². The molecule has 0 atom stereocenters. The maximum Gasteiger partial charge on any atom is 0.255 e. The highest BCUT2D eigenvalue weighted by molar-refractivity contribution is 8.00. The van der Waals surface area contributed by atoms with E-state index in [0.29, 0.717) is 17.7 Å². The van der Waals surface area contributed by atoms with E-state index in [1.807, 2.05) is 35.2 Å². The van der Waals surface area contributed by atoms with Gasteiger partial charge in [-0.15, -0.1) is 11.8 Å². The molecule has 158 valence electrons. The van der Waals surface area contributed by atoms with E-state index in [4.69, 9.17) is 0 Å². The van der Waals surface area contributed by atoms with Crippen molar-refractivity contribution in [3.05, 3.63) is 95.3 Å².